The van der Waals surface area contributed by atoms with E-state index >= 15 is 0 Å². The van der Waals surface area contributed by atoms with Crippen molar-refractivity contribution in [3.05, 3.63) is 0 Å². The topological polar surface area (TPSA) is 29.5 Å². The second kappa shape index (κ2) is 3.94. The van der Waals surface area contributed by atoms with Crippen LogP contribution in [0.15, 0.2) is 0 Å². The Hall–Kier alpha value is -0.730. The van der Waals surface area contributed by atoms with Crippen LogP contribution in [0.4, 0.5) is 4.79 Å². The Morgan fingerprint density at radius 2 is 2.06 bits per heavy atom. The molecule has 0 N–H and O–H groups in total. The van der Waals surface area contributed by atoms with Crippen molar-refractivity contribution in [3.63, 3.8) is 0 Å². The van der Waals surface area contributed by atoms with E-state index in [4.69, 9.17) is 4.74 Å². The summed E-state index contributed by atoms with van der Waals surface area (Å²) in [5, 5.41) is 0. The predicted molar refractivity (Wildman–Crippen MR) is 63.3 cm³/mol. The largest absolute Gasteiger partial charge is 0.444 e. The highest BCUT2D eigenvalue weighted by Gasteiger charge is 2.48. The third-order valence-electron chi connectivity index (χ3n) is 3.76. The average Bonchev–Trinajstić information content (AvgIpc) is 2.72. The van der Waals surface area contributed by atoms with Gasteiger partial charge in [-0.25, -0.2) is 4.79 Å². The van der Waals surface area contributed by atoms with Crippen LogP contribution in [0.3, 0.4) is 0 Å². The van der Waals surface area contributed by atoms with Gasteiger partial charge in [-0.2, -0.15) is 0 Å². The number of ether oxygens (including phenoxy) is 1. The molecular formula is C13H23NO2. The first kappa shape index (κ1) is 11.7. The fourth-order valence-corrected chi connectivity index (χ4v) is 3.22. The SMILES string of the molecule is CC[C@H]1[C@@H]2CC[C@@H](C2)N1C(=O)OC(C)(C)C. The van der Waals surface area contributed by atoms with Crippen LogP contribution in [0, 0.1) is 5.92 Å². The maximum atomic E-state index is 12.1. The van der Waals surface area contributed by atoms with Crippen molar-refractivity contribution in [2.24, 2.45) is 5.92 Å². The maximum Gasteiger partial charge on any atom is 0.410 e. The lowest BCUT2D eigenvalue weighted by Gasteiger charge is -2.36. The molecule has 2 fully saturated rings. The van der Waals surface area contributed by atoms with Crippen LogP contribution >= 0.6 is 0 Å². The molecule has 92 valence electrons. The second-order valence-corrected chi connectivity index (χ2v) is 6.09. The summed E-state index contributed by atoms with van der Waals surface area (Å²) >= 11 is 0. The van der Waals surface area contributed by atoms with E-state index in [1.165, 1.54) is 19.3 Å². The molecule has 3 atom stereocenters. The standard InChI is InChI=1S/C13H23NO2/c1-5-11-9-6-7-10(8-9)14(11)12(15)16-13(2,3)4/h9-11H,5-8H2,1-4H3/t9-,10+,11+/m1/s1. The number of carbonyl (C=O) groups excluding carboxylic acids is 1. The number of rotatable bonds is 1. The number of hydrogen-bond acceptors (Lipinski definition) is 2. The molecule has 2 bridgehead atoms. The Balaban J connectivity index is 2.06. The van der Waals surface area contributed by atoms with Gasteiger partial charge in [0.2, 0.25) is 0 Å². The number of nitrogens with zero attached hydrogens (tertiary/aromatic N) is 1. The van der Waals surface area contributed by atoms with Gasteiger partial charge in [-0.1, -0.05) is 6.92 Å². The molecule has 2 aliphatic rings. The van der Waals surface area contributed by atoms with E-state index in [0.29, 0.717) is 12.1 Å². The van der Waals surface area contributed by atoms with Crippen LogP contribution in [0.25, 0.3) is 0 Å². The zero-order chi connectivity index (χ0) is 11.9. The molecule has 1 saturated carbocycles. The lowest BCUT2D eigenvalue weighted by molar-refractivity contribution is 0.00711. The van der Waals surface area contributed by atoms with E-state index in [-0.39, 0.29) is 11.7 Å². The molecule has 1 amide bonds. The molecule has 1 saturated heterocycles. The van der Waals surface area contributed by atoms with E-state index in [9.17, 15) is 4.79 Å². The average molecular weight is 225 g/mol. The summed E-state index contributed by atoms with van der Waals surface area (Å²) in [6.07, 6.45) is 4.60. The fraction of sp³-hybridized carbons (Fsp3) is 0.923. The Kier molecular flexibility index (Phi) is 2.89. The molecular weight excluding hydrogens is 202 g/mol. The van der Waals surface area contributed by atoms with Gasteiger partial charge in [0, 0.05) is 12.1 Å². The van der Waals surface area contributed by atoms with Gasteiger partial charge in [-0.15, -0.1) is 0 Å². The lowest BCUT2D eigenvalue weighted by Crippen LogP contribution is -2.46. The second-order valence-electron chi connectivity index (χ2n) is 6.09. The summed E-state index contributed by atoms with van der Waals surface area (Å²) in [4.78, 5) is 14.1. The van der Waals surface area contributed by atoms with Crippen LogP contribution < -0.4 is 0 Å². The van der Waals surface area contributed by atoms with Gasteiger partial charge >= 0.3 is 6.09 Å². The highest BCUT2D eigenvalue weighted by molar-refractivity contribution is 5.69. The maximum absolute atomic E-state index is 12.1. The molecule has 0 unspecified atom stereocenters. The van der Waals surface area contributed by atoms with Gasteiger partial charge in [0.05, 0.1) is 0 Å². The normalized spacial score (nSPS) is 33.2. The first-order valence-electron chi connectivity index (χ1n) is 6.43. The van der Waals surface area contributed by atoms with Gasteiger partial charge in [-0.05, 0) is 52.4 Å². The highest BCUT2D eigenvalue weighted by atomic mass is 16.6. The van der Waals surface area contributed by atoms with Crippen molar-refractivity contribution in [1.29, 1.82) is 0 Å². The zero-order valence-electron chi connectivity index (χ0n) is 10.8. The van der Waals surface area contributed by atoms with Crippen molar-refractivity contribution in [2.75, 3.05) is 0 Å². The monoisotopic (exact) mass is 225 g/mol. The Bertz CT molecular complexity index is 282. The molecule has 3 heteroatoms. The third kappa shape index (κ3) is 2.04. The molecule has 1 heterocycles. The number of amides is 1. The summed E-state index contributed by atoms with van der Waals surface area (Å²) in [6, 6.07) is 0.874. The van der Waals surface area contributed by atoms with Crippen LogP contribution in [0.1, 0.15) is 53.4 Å². The van der Waals surface area contributed by atoms with Crippen LogP contribution in [-0.4, -0.2) is 28.7 Å². The summed E-state index contributed by atoms with van der Waals surface area (Å²) in [6.45, 7) is 7.96. The quantitative estimate of drug-likeness (QED) is 0.686. The Labute approximate surface area is 98.1 Å². The Morgan fingerprint density at radius 3 is 2.62 bits per heavy atom. The smallest absolute Gasteiger partial charge is 0.410 e. The number of piperidine rings is 1. The third-order valence-corrected chi connectivity index (χ3v) is 3.76. The number of carbonyl (C=O) groups is 1. The summed E-state index contributed by atoms with van der Waals surface area (Å²) in [7, 11) is 0. The summed E-state index contributed by atoms with van der Waals surface area (Å²) in [5.41, 5.74) is -0.378. The molecule has 0 aromatic carbocycles. The molecule has 2 rings (SSSR count). The van der Waals surface area contributed by atoms with Gasteiger partial charge in [-0.3, -0.25) is 0 Å². The number of likely N-dealkylation sites (tertiary alicyclic amines) is 1. The summed E-state index contributed by atoms with van der Waals surface area (Å²) in [5.74, 6) is 0.725. The molecule has 3 nitrogen and oxygen atoms in total. The molecule has 1 aliphatic carbocycles. The van der Waals surface area contributed by atoms with Gasteiger partial charge in [0.15, 0.2) is 0 Å². The van der Waals surface area contributed by atoms with Crippen molar-refractivity contribution in [1.82, 2.24) is 4.90 Å². The van der Waals surface area contributed by atoms with E-state index in [1.807, 2.05) is 25.7 Å². The Morgan fingerprint density at radius 1 is 1.38 bits per heavy atom. The molecule has 16 heavy (non-hydrogen) atoms. The van der Waals surface area contributed by atoms with Gasteiger partial charge in [0.1, 0.15) is 5.60 Å². The van der Waals surface area contributed by atoms with E-state index in [1.54, 1.807) is 0 Å². The predicted octanol–water partition coefficient (Wildman–Crippen LogP) is 3.18. The first-order chi connectivity index (χ1) is 7.42. The lowest BCUT2D eigenvalue weighted by atomic mass is 9.97. The number of hydrogen-bond donors (Lipinski definition) is 0. The molecule has 0 aromatic heterocycles. The first-order valence-corrected chi connectivity index (χ1v) is 6.43. The van der Waals surface area contributed by atoms with Crippen molar-refractivity contribution in [2.45, 2.75) is 71.1 Å². The number of fused-ring (bicyclic) bond motifs is 2. The van der Waals surface area contributed by atoms with Crippen LogP contribution in [-0.2, 0) is 4.74 Å². The minimum Gasteiger partial charge on any atom is -0.444 e. The molecule has 0 spiro atoms. The minimum atomic E-state index is -0.378. The van der Waals surface area contributed by atoms with E-state index in [0.717, 1.165) is 12.3 Å². The molecule has 1 aliphatic heterocycles. The van der Waals surface area contributed by atoms with Crippen molar-refractivity contribution in [3.8, 4) is 0 Å². The summed E-state index contributed by atoms with van der Waals surface area (Å²) < 4.78 is 5.49. The van der Waals surface area contributed by atoms with Crippen LogP contribution in [0.5, 0.6) is 0 Å². The van der Waals surface area contributed by atoms with Gasteiger partial charge in [0.25, 0.3) is 0 Å². The minimum absolute atomic E-state index is 0.105. The van der Waals surface area contributed by atoms with Gasteiger partial charge < -0.3 is 9.64 Å². The van der Waals surface area contributed by atoms with Crippen molar-refractivity contribution < 1.29 is 9.53 Å². The van der Waals surface area contributed by atoms with E-state index < -0.39 is 0 Å². The fourth-order valence-electron chi connectivity index (χ4n) is 3.22. The van der Waals surface area contributed by atoms with Crippen LogP contribution in [0.2, 0.25) is 0 Å². The van der Waals surface area contributed by atoms with E-state index in [2.05, 4.69) is 6.92 Å². The van der Waals surface area contributed by atoms with Crippen molar-refractivity contribution >= 4 is 6.09 Å². The highest BCUT2D eigenvalue weighted by Crippen LogP contribution is 2.44. The zero-order valence-corrected chi connectivity index (χ0v) is 10.8. The molecule has 0 radical (unpaired) electrons. The molecule has 0 aromatic rings.